The highest BCUT2D eigenvalue weighted by Gasteiger charge is 2.30. The molecule has 0 radical (unpaired) electrons. The van der Waals surface area contributed by atoms with Crippen LogP contribution in [0.15, 0.2) is 0 Å². The molecule has 0 aromatic heterocycles. The van der Waals surface area contributed by atoms with Crippen molar-refractivity contribution in [1.82, 2.24) is 15.1 Å². The Bertz CT molecular complexity index is 248. The molecule has 2 aliphatic heterocycles. The molecule has 2 heterocycles. The van der Waals surface area contributed by atoms with E-state index in [4.69, 9.17) is 0 Å². The van der Waals surface area contributed by atoms with Crippen LogP contribution in [-0.4, -0.2) is 61.2 Å². The van der Waals surface area contributed by atoms with E-state index >= 15 is 0 Å². The third-order valence-electron chi connectivity index (χ3n) is 4.81. The molecule has 2 atom stereocenters. The van der Waals surface area contributed by atoms with E-state index < -0.39 is 0 Å². The summed E-state index contributed by atoms with van der Waals surface area (Å²) in [5.74, 6) is 0.814. The van der Waals surface area contributed by atoms with E-state index in [0.717, 1.165) is 18.5 Å². The van der Waals surface area contributed by atoms with E-state index in [0.29, 0.717) is 6.04 Å². The van der Waals surface area contributed by atoms with Crippen LogP contribution >= 0.6 is 0 Å². The summed E-state index contributed by atoms with van der Waals surface area (Å²) in [5.41, 5.74) is 0. The largest absolute Gasteiger partial charge is 0.315 e. The average Bonchev–Trinajstić information content (AvgIpc) is 3.03. The number of hydrogen-bond acceptors (Lipinski definition) is 3. The van der Waals surface area contributed by atoms with Gasteiger partial charge in [0.2, 0.25) is 0 Å². The highest BCUT2D eigenvalue weighted by atomic mass is 15.3. The van der Waals surface area contributed by atoms with Gasteiger partial charge in [-0.1, -0.05) is 13.8 Å². The van der Waals surface area contributed by atoms with Gasteiger partial charge in [-0.05, 0) is 58.2 Å². The molecule has 2 saturated heterocycles. The van der Waals surface area contributed by atoms with Crippen LogP contribution in [0.5, 0.6) is 0 Å². The average molecular weight is 267 g/mol. The van der Waals surface area contributed by atoms with E-state index in [1.54, 1.807) is 0 Å². The van der Waals surface area contributed by atoms with E-state index in [9.17, 15) is 0 Å². The van der Waals surface area contributed by atoms with Gasteiger partial charge in [0.1, 0.15) is 0 Å². The summed E-state index contributed by atoms with van der Waals surface area (Å²) in [6, 6.07) is 1.54. The van der Waals surface area contributed by atoms with Crippen LogP contribution in [0.3, 0.4) is 0 Å². The zero-order valence-electron chi connectivity index (χ0n) is 13.2. The minimum Gasteiger partial charge on any atom is -0.315 e. The van der Waals surface area contributed by atoms with Gasteiger partial charge in [0.15, 0.2) is 0 Å². The maximum atomic E-state index is 3.62. The molecule has 0 bridgehead atoms. The lowest BCUT2D eigenvalue weighted by molar-refractivity contribution is 0.204. The summed E-state index contributed by atoms with van der Waals surface area (Å²) in [4.78, 5) is 5.41. The Balaban J connectivity index is 1.62. The van der Waals surface area contributed by atoms with Crippen molar-refractivity contribution in [2.45, 2.75) is 58.5 Å². The predicted molar refractivity (Wildman–Crippen MR) is 82.6 cm³/mol. The molecule has 2 fully saturated rings. The summed E-state index contributed by atoms with van der Waals surface area (Å²) >= 11 is 0. The van der Waals surface area contributed by atoms with Gasteiger partial charge in [0.25, 0.3) is 0 Å². The Morgan fingerprint density at radius 3 is 2.53 bits per heavy atom. The van der Waals surface area contributed by atoms with Gasteiger partial charge in [-0.3, -0.25) is 9.80 Å². The van der Waals surface area contributed by atoms with E-state index in [2.05, 4.69) is 35.9 Å². The fourth-order valence-electron chi connectivity index (χ4n) is 3.40. The third-order valence-corrected chi connectivity index (χ3v) is 4.81. The SMILES string of the molecule is CC(C)CCNCC(C)N1CCC(N2CCCC2)C1. The fourth-order valence-corrected chi connectivity index (χ4v) is 3.40. The molecule has 0 aromatic carbocycles. The van der Waals surface area contributed by atoms with Crippen molar-refractivity contribution in [3.05, 3.63) is 0 Å². The van der Waals surface area contributed by atoms with Crippen LogP contribution < -0.4 is 5.32 Å². The molecule has 19 heavy (non-hydrogen) atoms. The molecule has 2 aliphatic rings. The lowest BCUT2D eigenvalue weighted by Gasteiger charge is -2.27. The van der Waals surface area contributed by atoms with Crippen molar-refractivity contribution in [2.75, 3.05) is 39.3 Å². The molecular formula is C16H33N3. The predicted octanol–water partition coefficient (Wildman–Crippen LogP) is 2.18. The molecule has 112 valence electrons. The summed E-state index contributed by atoms with van der Waals surface area (Å²) in [7, 11) is 0. The molecular weight excluding hydrogens is 234 g/mol. The summed E-state index contributed by atoms with van der Waals surface area (Å²) in [6.07, 6.45) is 5.52. The van der Waals surface area contributed by atoms with Crippen molar-refractivity contribution in [1.29, 1.82) is 0 Å². The minimum atomic E-state index is 0.694. The second-order valence-corrected chi connectivity index (χ2v) is 6.92. The molecule has 2 unspecified atom stereocenters. The first-order valence-corrected chi connectivity index (χ1v) is 8.35. The van der Waals surface area contributed by atoms with Crippen molar-refractivity contribution in [2.24, 2.45) is 5.92 Å². The number of likely N-dealkylation sites (tertiary alicyclic amines) is 2. The molecule has 0 spiro atoms. The van der Waals surface area contributed by atoms with Gasteiger partial charge >= 0.3 is 0 Å². The number of nitrogens with zero attached hydrogens (tertiary/aromatic N) is 2. The number of nitrogens with one attached hydrogen (secondary N) is 1. The Morgan fingerprint density at radius 2 is 1.84 bits per heavy atom. The zero-order chi connectivity index (χ0) is 13.7. The minimum absolute atomic E-state index is 0.694. The Hall–Kier alpha value is -0.120. The second-order valence-electron chi connectivity index (χ2n) is 6.92. The summed E-state index contributed by atoms with van der Waals surface area (Å²) in [6.45, 7) is 14.6. The lowest BCUT2D eigenvalue weighted by atomic mass is 10.1. The first-order chi connectivity index (χ1) is 9.16. The van der Waals surface area contributed by atoms with Crippen molar-refractivity contribution in [3.63, 3.8) is 0 Å². The molecule has 0 aliphatic carbocycles. The standard InChI is InChI=1S/C16H33N3/c1-14(2)6-8-17-12-15(3)19-11-7-16(13-19)18-9-4-5-10-18/h14-17H,4-13H2,1-3H3. The van der Waals surface area contributed by atoms with Gasteiger partial charge in [-0.25, -0.2) is 0 Å². The van der Waals surface area contributed by atoms with Gasteiger partial charge < -0.3 is 5.32 Å². The quantitative estimate of drug-likeness (QED) is 0.713. The van der Waals surface area contributed by atoms with Crippen LogP contribution in [0.4, 0.5) is 0 Å². The normalized spacial score (nSPS) is 27.5. The summed E-state index contributed by atoms with van der Waals surface area (Å²) < 4.78 is 0. The first kappa shape index (κ1) is 15.3. The number of hydrogen-bond donors (Lipinski definition) is 1. The topological polar surface area (TPSA) is 18.5 Å². The highest BCUT2D eigenvalue weighted by molar-refractivity contribution is 4.88. The van der Waals surface area contributed by atoms with Crippen LogP contribution in [0.2, 0.25) is 0 Å². The monoisotopic (exact) mass is 267 g/mol. The van der Waals surface area contributed by atoms with Crippen molar-refractivity contribution < 1.29 is 0 Å². The van der Waals surface area contributed by atoms with Crippen LogP contribution in [0.25, 0.3) is 0 Å². The molecule has 1 N–H and O–H groups in total. The smallest absolute Gasteiger partial charge is 0.0235 e. The van der Waals surface area contributed by atoms with Gasteiger partial charge in [-0.15, -0.1) is 0 Å². The van der Waals surface area contributed by atoms with Crippen molar-refractivity contribution in [3.8, 4) is 0 Å². The van der Waals surface area contributed by atoms with Crippen LogP contribution in [0, 0.1) is 5.92 Å². The fraction of sp³-hybridized carbons (Fsp3) is 1.00. The van der Waals surface area contributed by atoms with E-state index in [-0.39, 0.29) is 0 Å². The molecule has 2 rings (SSSR count). The third kappa shape index (κ3) is 4.73. The number of rotatable bonds is 7. The maximum Gasteiger partial charge on any atom is 0.0235 e. The zero-order valence-corrected chi connectivity index (χ0v) is 13.2. The van der Waals surface area contributed by atoms with Crippen molar-refractivity contribution >= 4 is 0 Å². The Labute approximate surface area is 119 Å². The molecule has 0 saturated carbocycles. The van der Waals surface area contributed by atoms with Gasteiger partial charge in [0, 0.05) is 31.7 Å². The van der Waals surface area contributed by atoms with Gasteiger partial charge in [0.05, 0.1) is 0 Å². The van der Waals surface area contributed by atoms with E-state index in [1.807, 2.05) is 0 Å². The molecule has 3 nitrogen and oxygen atoms in total. The highest BCUT2D eigenvalue weighted by Crippen LogP contribution is 2.21. The lowest BCUT2D eigenvalue weighted by Crippen LogP contribution is -2.42. The first-order valence-electron chi connectivity index (χ1n) is 8.35. The molecule has 3 heteroatoms. The van der Waals surface area contributed by atoms with Crippen LogP contribution in [0.1, 0.15) is 46.5 Å². The maximum absolute atomic E-state index is 3.62. The molecule has 0 amide bonds. The van der Waals surface area contributed by atoms with Crippen LogP contribution in [-0.2, 0) is 0 Å². The van der Waals surface area contributed by atoms with Gasteiger partial charge in [-0.2, -0.15) is 0 Å². The molecule has 0 aromatic rings. The Morgan fingerprint density at radius 1 is 1.11 bits per heavy atom. The van der Waals surface area contributed by atoms with E-state index in [1.165, 1.54) is 58.4 Å². The second kappa shape index (κ2) is 7.61. The Kier molecular flexibility index (Phi) is 6.11. The summed E-state index contributed by atoms with van der Waals surface area (Å²) in [5, 5.41) is 3.62.